The second-order valence-electron chi connectivity index (χ2n) is 3.30. The van der Waals surface area contributed by atoms with E-state index in [2.05, 4.69) is 5.48 Å². The van der Waals surface area contributed by atoms with Crippen LogP contribution in [0.5, 0.6) is 5.75 Å². The fourth-order valence-corrected chi connectivity index (χ4v) is 1.12. The summed E-state index contributed by atoms with van der Waals surface area (Å²) in [7, 11) is 0. The summed E-state index contributed by atoms with van der Waals surface area (Å²) in [6, 6.07) is 8.62. The average Bonchev–Trinajstić information content (AvgIpc) is 2.36. The molecule has 1 amide bonds. The molecule has 0 heterocycles. The second kappa shape index (κ2) is 6.51. The van der Waals surface area contributed by atoms with E-state index in [-0.39, 0.29) is 5.91 Å². The lowest BCUT2D eigenvalue weighted by Gasteiger charge is -2.14. The van der Waals surface area contributed by atoms with E-state index in [1.54, 1.807) is 38.1 Å². The van der Waals surface area contributed by atoms with Crippen molar-refractivity contribution in [3.8, 4) is 11.8 Å². The van der Waals surface area contributed by atoms with Crippen LogP contribution in [0.25, 0.3) is 0 Å². The predicted octanol–water partition coefficient (Wildman–Crippen LogP) is 1.39. The summed E-state index contributed by atoms with van der Waals surface area (Å²) in [4.78, 5) is 16.2. The van der Waals surface area contributed by atoms with E-state index >= 15 is 0 Å². The molecule has 1 aromatic carbocycles. The smallest absolute Gasteiger partial charge is 0.284 e. The van der Waals surface area contributed by atoms with Gasteiger partial charge in [0, 0.05) is 0 Å². The minimum Gasteiger partial charge on any atom is -0.481 e. The Hall–Kier alpha value is -2.06. The van der Waals surface area contributed by atoms with E-state index in [1.807, 2.05) is 6.07 Å². The lowest BCUT2D eigenvalue weighted by molar-refractivity contribution is -0.139. The van der Waals surface area contributed by atoms with Gasteiger partial charge in [0.1, 0.15) is 5.75 Å². The first-order chi connectivity index (χ1) is 8.17. The molecule has 1 atom stereocenters. The molecular formula is C12H14N2O3. The van der Waals surface area contributed by atoms with Crippen molar-refractivity contribution < 1.29 is 14.4 Å². The number of rotatable bonds is 5. The van der Waals surface area contributed by atoms with Crippen LogP contribution < -0.4 is 10.2 Å². The zero-order chi connectivity index (χ0) is 12.7. The zero-order valence-corrected chi connectivity index (χ0v) is 9.77. The van der Waals surface area contributed by atoms with Gasteiger partial charge in [0.05, 0.1) is 18.2 Å². The third kappa shape index (κ3) is 4.13. The Labute approximate surface area is 99.9 Å². The number of carbonyl (C=O) groups excluding carboxylic acids is 1. The van der Waals surface area contributed by atoms with Gasteiger partial charge in [-0.25, -0.2) is 5.48 Å². The molecule has 0 fully saturated rings. The zero-order valence-electron chi connectivity index (χ0n) is 9.77. The summed E-state index contributed by atoms with van der Waals surface area (Å²) < 4.78 is 5.37. The largest absolute Gasteiger partial charge is 0.481 e. The Morgan fingerprint density at radius 2 is 2.35 bits per heavy atom. The maximum Gasteiger partial charge on any atom is 0.284 e. The van der Waals surface area contributed by atoms with Gasteiger partial charge < -0.3 is 4.74 Å². The van der Waals surface area contributed by atoms with Crippen LogP contribution >= 0.6 is 0 Å². The van der Waals surface area contributed by atoms with Gasteiger partial charge in [0.15, 0.2) is 6.10 Å². The first-order valence-corrected chi connectivity index (χ1v) is 5.25. The second-order valence-corrected chi connectivity index (χ2v) is 3.30. The highest BCUT2D eigenvalue weighted by Gasteiger charge is 2.14. The topological polar surface area (TPSA) is 71.3 Å². The molecule has 17 heavy (non-hydrogen) atoms. The van der Waals surface area contributed by atoms with E-state index in [0.717, 1.165) is 0 Å². The molecule has 0 bridgehead atoms. The van der Waals surface area contributed by atoms with Crippen molar-refractivity contribution in [2.24, 2.45) is 0 Å². The highest BCUT2D eigenvalue weighted by atomic mass is 16.7. The fourth-order valence-electron chi connectivity index (χ4n) is 1.12. The molecule has 0 aromatic heterocycles. The van der Waals surface area contributed by atoms with Crippen LogP contribution in [-0.2, 0) is 9.63 Å². The number of amides is 1. The van der Waals surface area contributed by atoms with Gasteiger partial charge in [-0.2, -0.15) is 5.26 Å². The molecule has 5 nitrogen and oxygen atoms in total. The number of nitriles is 1. The number of nitrogens with one attached hydrogen (secondary N) is 1. The molecule has 1 aromatic rings. The number of hydrogen-bond donors (Lipinski definition) is 1. The highest BCUT2D eigenvalue weighted by molar-refractivity contribution is 5.79. The molecule has 0 spiro atoms. The predicted molar refractivity (Wildman–Crippen MR) is 61.0 cm³/mol. The molecule has 1 rings (SSSR count). The Morgan fingerprint density at radius 3 is 3.00 bits per heavy atom. The van der Waals surface area contributed by atoms with Crippen LogP contribution in [0, 0.1) is 11.3 Å². The van der Waals surface area contributed by atoms with Gasteiger partial charge >= 0.3 is 0 Å². The third-order valence-corrected chi connectivity index (χ3v) is 1.96. The van der Waals surface area contributed by atoms with Crippen molar-refractivity contribution in [2.45, 2.75) is 20.0 Å². The summed E-state index contributed by atoms with van der Waals surface area (Å²) >= 11 is 0. The van der Waals surface area contributed by atoms with Crippen LogP contribution in [0.4, 0.5) is 0 Å². The van der Waals surface area contributed by atoms with Crippen molar-refractivity contribution in [3.05, 3.63) is 29.8 Å². The summed E-state index contributed by atoms with van der Waals surface area (Å²) in [5, 5.41) is 8.72. The van der Waals surface area contributed by atoms with Crippen LogP contribution in [-0.4, -0.2) is 18.6 Å². The summed E-state index contributed by atoms with van der Waals surface area (Å²) in [6.45, 7) is 3.76. The van der Waals surface area contributed by atoms with Crippen molar-refractivity contribution in [2.75, 3.05) is 6.61 Å². The number of hydrogen-bond acceptors (Lipinski definition) is 4. The summed E-state index contributed by atoms with van der Waals surface area (Å²) in [5.74, 6) is 0.109. The monoisotopic (exact) mass is 234 g/mol. The Balaban J connectivity index is 2.58. The summed E-state index contributed by atoms with van der Waals surface area (Å²) in [5.41, 5.74) is 2.74. The van der Waals surface area contributed by atoms with E-state index in [0.29, 0.717) is 17.9 Å². The maximum atomic E-state index is 11.4. The first-order valence-electron chi connectivity index (χ1n) is 5.25. The highest BCUT2D eigenvalue weighted by Crippen LogP contribution is 2.14. The molecular weight excluding hydrogens is 220 g/mol. The quantitative estimate of drug-likeness (QED) is 0.781. The molecule has 0 saturated heterocycles. The number of ether oxygens (including phenoxy) is 1. The van der Waals surface area contributed by atoms with Crippen LogP contribution in [0.15, 0.2) is 24.3 Å². The van der Waals surface area contributed by atoms with Gasteiger partial charge in [-0.1, -0.05) is 6.07 Å². The average molecular weight is 234 g/mol. The molecule has 0 radical (unpaired) electrons. The maximum absolute atomic E-state index is 11.4. The van der Waals surface area contributed by atoms with E-state index in [4.69, 9.17) is 14.8 Å². The van der Waals surface area contributed by atoms with Crippen LogP contribution in [0.2, 0.25) is 0 Å². The van der Waals surface area contributed by atoms with Crippen molar-refractivity contribution >= 4 is 5.91 Å². The lowest BCUT2D eigenvalue weighted by Crippen LogP contribution is -2.36. The number of nitrogens with zero attached hydrogens (tertiary/aromatic N) is 1. The van der Waals surface area contributed by atoms with Crippen LogP contribution in [0.3, 0.4) is 0 Å². The summed E-state index contributed by atoms with van der Waals surface area (Å²) in [6.07, 6.45) is -0.685. The molecule has 0 aliphatic heterocycles. The van der Waals surface area contributed by atoms with Crippen molar-refractivity contribution in [1.29, 1.82) is 5.26 Å². The Bertz CT molecular complexity index is 426. The van der Waals surface area contributed by atoms with Crippen molar-refractivity contribution in [3.63, 3.8) is 0 Å². The minimum absolute atomic E-state index is 0.366. The van der Waals surface area contributed by atoms with Gasteiger partial charge in [0.25, 0.3) is 5.91 Å². The lowest BCUT2D eigenvalue weighted by atomic mass is 10.2. The van der Waals surface area contributed by atoms with Gasteiger partial charge in [-0.3, -0.25) is 9.63 Å². The molecule has 5 heteroatoms. The third-order valence-electron chi connectivity index (χ3n) is 1.96. The molecule has 0 unspecified atom stereocenters. The fraction of sp³-hybridized carbons (Fsp3) is 0.333. The first kappa shape index (κ1) is 13.0. The standard InChI is InChI=1S/C12H14N2O3/c1-3-16-14-12(15)9(2)17-11-6-4-5-10(7-11)8-13/h4-7,9H,3H2,1-2H3,(H,14,15)/t9-/m0/s1. The van der Waals surface area contributed by atoms with Gasteiger partial charge in [0.2, 0.25) is 0 Å². The molecule has 90 valence electrons. The normalized spacial score (nSPS) is 11.4. The number of hydroxylamine groups is 1. The molecule has 0 saturated carbocycles. The van der Waals surface area contributed by atoms with Gasteiger partial charge in [-0.15, -0.1) is 0 Å². The molecule has 0 aliphatic carbocycles. The van der Waals surface area contributed by atoms with Crippen molar-refractivity contribution in [1.82, 2.24) is 5.48 Å². The number of carbonyl (C=O) groups is 1. The van der Waals surface area contributed by atoms with E-state index in [1.165, 1.54) is 0 Å². The van der Waals surface area contributed by atoms with Gasteiger partial charge in [-0.05, 0) is 32.0 Å². The van der Waals surface area contributed by atoms with E-state index < -0.39 is 6.10 Å². The minimum atomic E-state index is -0.685. The van der Waals surface area contributed by atoms with E-state index in [9.17, 15) is 4.79 Å². The Kier molecular flexibility index (Phi) is 4.98. The Morgan fingerprint density at radius 1 is 1.59 bits per heavy atom. The molecule has 1 N–H and O–H groups in total. The molecule has 0 aliphatic rings. The SMILES string of the molecule is CCONC(=O)[C@H](C)Oc1cccc(C#N)c1. The van der Waals surface area contributed by atoms with Crippen LogP contribution in [0.1, 0.15) is 19.4 Å². The number of benzene rings is 1.